The minimum absolute atomic E-state index is 0.772. The van der Waals surface area contributed by atoms with Crippen LogP contribution in [0.5, 0.6) is 0 Å². The second kappa shape index (κ2) is 3.79. The van der Waals surface area contributed by atoms with Crippen LogP contribution in [-0.4, -0.2) is 14.4 Å². The average Bonchev–Trinajstić information content (AvgIpc) is 2.90. The Hall–Kier alpha value is 1.08. The maximum atomic E-state index is 2.65. The summed E-state index contributed by atoms with van der Waals surface area (Å²) in [4.78, 5) is 0. The van der Waals surface area contributed by atoms with Gasteiger partial charge in [-0.15, -0.1) is 0 Å². The lowest BCUT2D eigenvalue weighted by molar-refractivity contribution is 0.0383. The Bertz CT molecular complexity index is 266. The molecule has 4 bridgehead atoms. The van der Waals surface area contributed by atoms with Gasteiger partial charge in [0.15, 0.2) is 0 Å². The van der Waals surface area contributed by atoms with Crippen molar-refractivity contribution >= 4 is 34.4 Å². The first-order valence-electron chi connectivity index (χ1n) is 7.00. The molecule has 5 saturated carbocycles. The standard InChI is InChI=1S/C14H21IS/c15-13-4-12(13)8-16-14-5-9-1-10(6-14)3-11(2-9)7-14/h9-13H,1-8H2/t9?,10?,11?,12-,13-,14?/m1/s1. The first kappa shape index (κ1) is 11.0. The van der Waals surface area contributed by atoms with E-state index >= 15 is 0 Å². The van der Waals surface area contributed by atoms with Gasteiger partial charge in [0.2, 0.25) is 0 Å². The number of rotatable bonds is 3. The lowest BCUT2D eigenvalue weighted by atomic mass is 9.56. The average molecular weight is 348 g/mol. The number of halogens is 1. The molecule has 0 nitrogen and oxygen atoms in total. The van der Waals surface area contributed by atoms with Crippen molar-refractivity contribution in [3.63, 3.8) is 0 Å². The molecule has 16 heavy (non-hydrogen) atoms. The van der Waals surface area contributed by atoms with Gasteiger partial charge in [0.1, 0.15) is 0 Å². The van der Waals surface area contributed by atoms with E-state index in [9.17, 15) is 0 Å². The van der Waals surface area contributed by atoms with E-state index in [2.05, 4.69) is 34.4 Å². The number of thioether (sulfide) groups is 1. The van der Waals surface area contributed by atoms with E-state index in [1.54, 1.807) is 38.5 Å². The monoisotopic (exact) mass is 348 g/mol. The molecule has 5 fully saturated rings. The van der Waals surface area contributed by atoms with Gasteiger partial charge in [0, 0.05) is 8.67 Å². The molecule has 2 atom stereocenters. The quantitative estimate of drug-likeness (QED) is 0.534. The van der Waals surface area contributed by atoms with Crippen LogP contribution in [0.3, 0.4) is 0 Å². The lowest BCUT2D eigenvalue weighted by Gasteiger charge is -2.56. The van der Waals surface area contributed by atoms with Gasteiger partial charge in [-0.2, -0.15) is 11.8 Å². The molecule has 0 aromatic carbocycles. The summed E-state index contributed by atoms with van der Waals surface area (Å²) in [5.74, 6) is 5.97. The van der Waals surface area contributed by atoms with E-state index in [0.29, 0.717) is 0 Å². The molecule has 5 rings (SSSR count). The Morgan fingerprint density at radius 2 is 1.44 bits per heavy atom. The van der Waals surface area contributed by atoms with Crippen LogP contribution in [0.2, 0.25) is 0 Å². The molecule has 0 aliphatic heterocycles. The van der Waals surface area contributed by atoms with E-state index < -0.39 is 0 Å². The first-order valence-corrected chi connectivity index (χ1v) is 9.24. The topological polar surface area (TPSA) is 0 Å². The van der Waals surface area contributed by atoms with Crippen molar-refractivity contribution in [1.82, 2.24) is 0 Å². The van der Waals surface area contributed by atoms with Crippen molar-refractivity contribution in [1.29, 1.82) is 0 Å². The Balaban J connectivity index is 1.45. The SMILES string of the molecule is I[C@@H]1C[C@@H]1CSC12CC3CC(CC(C3)C1)C2. The normalized spacial score (nSPS) is 57.9. The highest BCUT2D eigenvalue weighted by Gasteiger charge is 2.51. The number of hydrogen-bond acceptors (Lipinski definition) is 1. The predicted molar refractivity (Wildman–Crippen MR) is 79.3 cm³/mol. The number of hydrogen-bond donors (Lipinski definition) is 0. The van der Waals surface area contributed by atoms with Crippen molar-refractivity contribution in [3.8, 4) is 0 Å². The van der Waals surface area contributed by atoms with Crippen LogP contribution in [0.25, 0.3) is 0 Å². The van der Waals surface area contributed by atoms with Crippen molar-refractivity contribution in [2.45, 2.75) is 53.6 Å². The van der Waals surface area contributed by atoms with E-state index in [-0.39, 0.29) is 0 Å². The molecule has 90 valence electrons. The van der Waals surface area contributed by atoms with Crippen LogP contribution in [0.1, 0.15) is 44.9 Å². The zero-order valence-electron chi connectivity index (χ0n) is 9.83. The Morgan fingerprint density at radius 3 is 1.88 bits per heavy atom. The fourth-order valence-electron chi connectivity index (χ4n) is 4.87. The summed E-state index contributed by atoms with van der Waals surface area (Å²) in [6.45, 7) is 0. The lowest BCUT2D eigenvalue weighted by Crippen LogP contribution is -2.48. The van der Waals surface area contributed by atoms with Gasteiger partial charge in [-0.25, -0.2) is 0 Å². The summed E-state index contributed by atoms with van der Waals surface area (Å²) in [5.41, 5.74) is 0. The highest BCUT2D eigenvalue weighted by molar-refractivity contribution is 14.1. The third-order valence-electron chi connectivity index (χ3n) is 5.42. The number of alkyl halides is 1. The Morgan fingerprint density at radius 1 is 0.938 bits per heavy atom. The molecule has 0 heterocycles. The first-order chi connectivity index (χ1) is 7.72. The summed E-state index contributed by atoms with van der Waals surface area (Å²) in [6, 6.07) is 0. The maximum absolute atomic E-state index is 2.65. The molecule has 0 unspecified atom stereocenters. The molecule has 0 aromatic heterocycles. The fourth-order valence-corrected chi connectivity index (χ4v) is 8.12. The largest absolute Gasteiger partial charge is 0.155 e. The Labute approximate surface area is 117 Å². The highest BCUT2D eigenvalue weighted by Crippen LogP contribution is 2.61. The molecule has 5 aliphatic carbocycles. The minimum Gasteiger partial charge on any atom is -0.155 e. The van der Waals surface area contributed by atoms with Gasteiger partial charge >= 0.3 is 0 Å². The maximum Gasteiger partial charge on any atom is 0.0168 e. The molecular formula is C14H21IS. The van der Waals surface area contributed by atoms with Crippen molar-refractivity contribution in [2.75, 3.05) is 5.75 Å². The van der Waals surface area contributed by atoms with E-state index in [1.165, 1.54) is 12.2 Å². The van der Waals surface area contributed by atoms with Crippen LogP contribution >= 0.6 is 34.4 Å². The van der Waals surface area contributed by atoms with Crippen molar-refractivity contribution < 1.29 is 0 Å². The summed E-state index contributed by atoms with van der Waals surface area (Å²) in [6.07, 6.45) is 11.1. The van der Waals surface area contributed by atoms with E-state index in [1.807, 2.05) is 0 Å². The molecule has 0 spiro atoms. The predicted octanol–water partition coefficient (Wildman–Crippen LogP) is 4.51. The third-order valence-corrected chi connectivity index (χ3v) is 8.65. The van der Waals surface area contributed by atoms with Gasteiger partial charge in [-0.05, 0) is 74.4 Å². The van der Waals surface area contributed by atoms with Crippen LogP contribution in [0.4, 0.5) is 0 Å². The second-order valence-electron chi connectivity index (χ2n) is 6.92. The van der Waals surface area contributed by atoms with Crippen LogP contribution in [-0.2, 0) is 0 Å². The summed E-state index contributed by atoms with van der Waals surface area (Å²) in [5, 5.41) is 0. The van der Waals surface area contributed by atoms with Gasteiger partial charge in [0.25, 0.3) is 0 Å². The molecule has 0 amide bonds. The van der Waals surface area contributed by atoms with Crippen LogP contribution in [0.15, 0.2) is 0 Å². The second-order valence-corrected chi connectivity index (χ2v) is 10.0. The van der Waals surface area contributed by atoms with Crippen LogP contribution < -0.4 is 0 Å². The van der Waals surface area contributed by atoms with Gasteiger partial charge in [-0.3, -0.25) is 0 Å². The molecule has 0 radical (unpaired) electrons. The summed E-state index contributed by atoms with van der Waals surface area (Å²) >= 11 is 5.05. The molecule has 0 aromatic rings. The highest BCUT2D eigenvalue weighted by atomic mass is 127. The zero-order valence-corrected chi connectivity index (χ0v) is 12.8. The zero-order chi connectivity index (χ0) is 10.8. The molecule has 5 aliphatic rings. The molecule has 2 heteroatoms. The van der Waals surface area contributed by atoms with Gasteiger partial charge in [0.05, 0.1) is 0 Å². The smallest absolute Gasteiger partial charge is 0.0168 e. The molecular weight excluding hydrogens is 327 g/mol. The van der Waals surface area contributed by atoms with Crippen LogP contribution in [0, 0.1) is 23.7 Å². The van der Waals surface area contributed by atoms with E-state index in [0.717, 1.165) is 32.3 Å². The molecule has 0 saturated heterocycles. The van der Waals surface area contributed by atoms with E-state index in [4.69, 9.17) is 0 Å². The van der Waals surface area contributed by atoms with Crippen molar-refractivity contribution in [2.24, 2.45) is 23.7 Å². The summed E-state index contributed by atoms with van der Waals surface area (Å²) in [7, 11) is 0. The minimum atomic E-state index is 0.772. The van der Waals surface area contributed by atoms with Gasteiger partial charge in [-0.1, -0.05) is 22.6 Å². The Kier molecular flexibility index (Phi) is 2.59. The third kappa shape index (κ3) is 1.86. The summed E-state index contributed by atoms with van der Waals surface area (Å²) < 4.78 is 1.80. The van der Waals surface area contributed by atoms with Crippen molar-refractivity contribution in [3.05, 3.63) is 0 Å². The van der Waals surface area contributed by atoms with Gasteiger partial charge < -0.3 is 0 Å². The fraction of sp³-hybridized carbons (Fsp3) is 1.00. The molecule has 0 N–H and O–H groups in total.